The fourth-order valence-corrected chi connectivity index (χ4v) is 4.86. The number of allylic oxidation sites excluding steroid dienone is 5. The van der Waals surface area contributed by atoms with Crippen molar-refractivity contribution in [3.05, 3.63) is 45.4 Å². The maximum atomic E-state index is 6.76. The minimum atomic E-state index is -0.292. The van der Waals surface area contributed by atoms with Crippen molar-refractivity contribution in [3.8, 4) is 0 Å². The minimum absolute atomic E-state index is 0. The van der Waals surface area contributed by atoms with Gasteiger partial charge >= 0.3 is 154 Å². The van der Waals surface area contributed by atoms with Gasteiger partial charge in [-0.3, -0.25) is 0 Å². The zero-order chi connectivity index (χ0) is 17.5. The molecule has 25 heavy (non-hydrogen) atoms. The van der Waals surface area contributed by atoms with Crippen molar-refractivity contribution < 1.29 is 50.0 Å². The predicted octanol–water partition coefficient (Wildman–Crippen LogP) is -0.122. The summed E-state index contributed by atoms with van der Waals surface area (Å²) in [6.45, 7) is 15.9. The summed E-state index contributed by atoms with van der Waals surface area (Å²) in [5.41, 5.74) is 2.57. The smallest absolute Gasteiger partial charge is 1.00 e. The van der Waals surface area contributed by atoms with E-state index in [1.165, 1.54) is 15.0 Å². The molecular weight excluding hydrogens is 387 g/mol. The summed E-state index contributed by atoms with van der Waals surface area (Å²) in [6, 6.07) is 0. The predicted molar refractivity (Wildman–Crippen MR) is 94.8 cm³/mol. The van der Waals surface area contributed by atoms with E-state index < -0.39 is 0 Å². The third kappa shape index (κ3) is 4.74. The molecule has 0 saturated heterocycles. The molecule has 1 nitrogen and oxygen atoms in total. The van der Waals surface area contributed by atoms with Crippen molar-refractivity contribution >= 4 is 0 Å². The van der Waals surface area contributed by atoms with E-state index in [1.807, 2.05) is 0 Å². The molecule has 0 radical (unpaired) electrons. The van der Waals surface area contributed by atoms with E-state index in [-0.39, 0.29) is 47.3 Å². The first kappa shape index (κ1) is 25.2. The van der Waals surface area contributed by atoms with Gasteiger partial charge in [0.2, 0.25) is 0 Å². The molecule has 0 aromatic heterocycles. The molecule has 0 amide bonds. The Labute approximate surface area is 178 Å². The maximum Gasteiger partial charge on any atom is -1.00 e. The first-order valence-corrected chi connectivity index (χ1v) is 9.48. The van der Waals surface area contributed by atoms with Crippen LogP contribution in [0.25, 0.3) is 0 Å². The molecular formula is C21H31Cl2OTi. The summed E-state index contributed by atoms with van der Waals surface area (Å²) >= 11 is 2.26. The molecule has 4 heteroatoms. The Bertz CT molecular complexity index is 592. The molecule has 0 aliphatic heterocycles. The molecule has 1 unspecified atom stereocenters. The van der Waals surface area contributed by atoms with Crippen LogP contribution in [0.3, 0.4) is 0 Å². The Hall–Kier alpha value is 0.214. The Morgan fingerprint density at radius 3 is 2.12 bits per heavy atom. The number of hydrogen-bond acceptors (Lipinski definition) is 1. The van der Waals surface area contributed by atoms with Gasteiger partial charge in [-0.25, -0.2) is 0 Å². The van der Waals surface area contributed by atoms with Gasteiger partial charge in [-0.15, -0.1) is 0 Å². The van der Waals surface area contributed by atoms with Gasteiger partial charge in [0.25, 0.3) is 0 Å². The molecule has 139 valence electrons. The third-order valence-corrected chi connectivity index (χ3v) is 5.84. The molecule has 0 aromatic rings. The van der Waals surface area contributed by atoms with Crippen molar-refractivity contribution in [1.29, 1.82) is 0 Å². The zero-order valence-corrected chi connectivity index (χ0v) is 19.6. The first-order valence-electron chi connectivity index (χ1n) is 8.70. The van der Waals surface area contributed by atoms with Crippen LogP contribution in [0, 0.1) is 10.8 Å². The molecule has 2 aliphatic carbocycles. The van der Waals surface area contributed by atoms with E-state index in [0.29, 0.717) is 0 Å². The average molecular weight is 418 g/mol. The van der Waals surface area contributed by atoms with E-state index in [0.717, 1.165) is 12.8 Å². The van der Waals surface area contributed by atoms with Crippen LogP contribution in [0.4, 0.5) is 0 Å². The van der Waals surface area contributed by atoms with Crippen LogP contribution in [-0.2, 0) is 25.2 Å². The van der Waals surface area contributed by atoms with Gasteiger partial charge in [-0.1, -0.05) is 0 Å². The van der Waals surface area contributed by atoms with Crippen LogP contribution < -0.4 is 24.8 Å². The molecule has 0 N–H and O–H groups in total. The number of rotatable bonds is 4. The second-order valence-corrected chi connectivity index (χ2v) is 9.52. The third-order valence-electron chi connectivity index (χ3n) is 5.10. The quantitative estimate of drug-likeness (QED) is 0.579. The van der Waals surface area contributed by atoms with Crippen molar-refractivity contribution in [3.63, 3.8) is 0 Å². The monoisotopic (exact) mass is 417 g/mol. The van der Waals surface area contributed by atoms with E-state index in [1.54, 1.807) is 0 Å². The van der Waals surface area contributed by atoms with Crippen molar-refractivity contribution in [2.75, 3.05) is 0 Å². The van der Waals surface area contributed by atoms with Crippen LogP contribution in [0.2, 0.25) is 0 Å². The Kier molecular flexibility index (Phi) is 9.01. The van der Waals surface area contributed by atoms with Crippen LogP contribution in [0.15, 0.2) is 45.4 Å². The van der Waals surface area contributed by atoms with Gasteiger partial charge in [-0.05, 0) is 0 Å². The SMILES string of the molecule is CC(C)OC1(C(C)(C)C2=[C]([Ti+2])CC=C2)CC=CC=C1C(C)(C)C.[Cl-].[Cl-]. The number of halogens is 2. The summed E-state index contributed by atoms with van der Waals surface area (Å²) in [7, 11) is 0. The topological polar surface area (TPSA) is 9.23 Å². The summed E-state index contributed by atoms with van der Waals surface area (Å²) in [4.78, 5) is 0. The number of ether oxygens (including phenoxy) is 1. The summed E-state index contributed by atoms with van der Waals surface area (Å²) < 4.78 is 8.23. The van der Waals surface area contributed by atoms with Crippen molar-refractivity contribution in [2.45, 2.75) is 73.0 Å². The second kappa shape index (κ2) is 8.94. The molecule has 2 aliphatic rings. The molecule has 0 bridgehead atoms. The molecule has 0 fully saturated rings. The second-order valence-electron chi connectivity index (χ2n) is 8.58. The van der Waals surface area contributed by atoms with Crippen LogP contribution >= 0.6 is 0 Å². The number of hydrogen-bond donors (Lipinski definition) is 0. The molecule has 0 spiro atoms. The normalized spacial score (nSPS) is 23.5. The zero-order valence-electron chi connectivity index (χ0n) is 16.5. The van der Waals surface area contributed by atoms with Gasteiger partial charge in [-0.2, -0.15) is 0 Å². The fraction of sp³-hybridized carbons (Fsp3) is 0.619. The summed E-state index contributed by atoms with van der Waals surface area (Å²) in [6.07, 6.45) is 13.6. The maximum absolute atomic E-state index is 6.76. The Morgan fingerprint density at radius 2 is 1.68 bits per heavy atom. The molecule has 2 rings (SSSR count). The van der Waals surface area contributed by atoms with Crippen LogP contribution in [-0.4, -0.2) is 11.7 Å². The van der Waals surface area contributed by atoms with E-state index in [9.17, 15) is 0 Å². The first-order chi connectivity index (χ1) is 10.5. The van der Waals surface area contributed by atoms with Crippen LogP contribution in [0.5, 0.6) is 0 Å². The Morgan fingerprint density at radius 1 is 1.08 bits per heavy atom. The minimum Gasteiger partial charge on any atom is -1.00 e. The molecule has 0 saturated carbocycles. The summed E-state index contributed by atoms with van der Waals surface area (Å²) in [5.74, 6) is 0. The van der Waals surface area contributed by atoms with Gasteiger partial charge in [0.15, 0.2) is 0 Å². The largest absolute Gasteiger partial charge is 1.00 e. The van der Waals surface area contributed by atoms with Gasteiger partial charge in [0, 0.05) is 0 Å². The van der Waals surface area contributed by atoms with E-state index in [2.05, 4.69) is 99.3 Å². The Balaban J connectivity index is 0.00000288. The molecule has 0 heterocycles. The molecule has 0 aromatic carbocycles. The van der Waals surface area contributed by atoms with E-state index in [4.69, 9.17) is 4.74 Å². The van der Waals surface area contributed by atoms with E-state index >= 15 is 0 Å². The molecule has 1 atom stereocenters. The van der Waals surface area contributed by atoms with Gasteiger partial charge in [0.05, 0.1) is 0 Å². The fourth-order valence-electron chi connectivity index (χ4n) is 4.06. The van der Waals surface area contributed by atoms with Crippen molar-refractivity contribution in [1.82, 2.24) is 0 Å². The summed E-state index contributed by atoms with van der Waals surface area (Å²) in [5, 5.41) is 0. The van der Waals surface area contributed by atoms with Gasteiger partial charge in [0.1, 0.15) is 0 Å². The average Bonchev–Trinajstić information content (AvgIpc) is 2.84. The standard InChI is InChI=1S/C21H31O.2ClH.Ti/c1-16(2)22-21(20(6,7)17-12-8-9-13-17)15-11-10-14-18(21)19(3,4)5;;;/h8,10-12,14,16H,9,15H2,1-7H3;2*1H;/q;;;+2/p-2. The van der Waals surface area contributed by atoms with Crippen molar-refractivity contribution in [2.24, 2.45) is 10.8 Å². The van der Waals surface area contributed by atoms with Gasteiger partial charge < -0.3 is 24.8 Å². The van der Waals surface area contributed by atoms with Crippen LogP contribution in [0.1, 0.15) is 61.3 Å².